The molecule has 31 heavy (non-hydrogen) atoms. The second-order valence-electron chi connectivity index (χ2n) is 8.48. The quantitative estimate of drug-likeness (QED) is 0.589. The SMILES string of the molecule is Cc1nc([C@H]2C[C@H](CNC(=O)OCC3c4ccccc4-c4ccccc43)[C@H](O)C2)n[nH]1. The average Bonchev–Trinajstić information content (AvgIpc) is 3.46. The van der Waals surface area contributed by atoms with Crippen LogP contribution in [0.15, 0.2) is 48.5 Å². The second-order valence-corrected chi connectivity index (χ2v) is 8.48. The maximum absolute atomic E-state index is 12.4. The van der Waals surface area contributed by atoms with Crippen molar-refractivity contribution >= 4 is 6.09 Å². The summed E-state index contributed by atoms with van der Waals surface area (Å²) in [4.78, 5) is 16.8. The van der Waals surface area contributed by atoms with Gasteiger partial charge < -0.3 is 15.2 Å². The van der Waals surface area contributed by atoms with Gasteiger partial charge in [-0.2, -0.15) is 5.10 Å². The number of carbonyl (C=O) groups excluding carboxylic acids is 1. The summed E-state index contributed by atoms with van der Waals surface area (Å²) in [5.41, 5.74) is 4.78. The Morgan fingerprint density at radius 2 is 1.81 bits per heavy atom. The zero-order chi connectivity index (χ0) is 21.4. The lowest BCUT2D eigenvalue weighted by molar-refractivity contribution is 0.119. The van der Waals surface area contributed by atoms with Crippen molar-refractivity contribution in [3.8, 4) is 11.1 Å². The molecule has 160 valence electrons. The number of H-pyrrole nitrogens is 1. The minimum Gasteiger partial charge on any atom is -0.449 e. The molecule has 1 aromatic heterocycles. The summed E-state index contributed by atoms with van der Waals surface area (Å²) in [5.74, 6) is 1.61. The van der Waals surface area contributed by atoms with Gasteiger partial charge >= 0.3 is 6.09 Å². The van der Waals surface area contributed by atoms with Crippen molar-refractivity contribution in [3.05, 3.63) is 71.3 Å². The monoisotopic (exact) mass is 418 g/mol. The smallest absolute Gasteiger partial charge is 0.407 e. The fraction of sp³-hybridized carbons (Fsp3) is 0.375. The Balaban J connectivity index is 1.17. The minimum absolute atomic E-state index is 0.0357. The lowest BCUT2D eigenvalue weighted by atomic mass is 9.98. The molecule has 0 aliphatic heterocycles. The number of aryl methyl sites for hydroxylation is 1. The van der Waals surface area contributed by atoms with Gasteiger partial charge in [0, 0.05) is 24.3 Å². The molecule has 3 N–H and O–H groups in total. The van der Waals surface area contributed by atoms with E-state index in [1.807, 2.05) is 31.2 Å². The van der Waals surface area contributed by atoms with E-state index in [1.165, 1.54) is 22.3 Å². The van der Waals surface area contributed by atoms with E-state index in [-0.39, 0.29) is 24.4 Å². The number of aromatic amines is 1. The van der Waals surface area contributed by atoms with E-state index >= 15 is 0 Å². The van der Waals surface area contributed by atoms with Crippen molar-refractivity contribution in [1.29, 1.82) is 0 Å². The van der Waals surface area contributed by atoms with E-state index < -0.39 is 12.2 Å². The van der Waals surface area contributed by atoms with E-state index in [4.69, 9.17) is 4.74 Å². The van der Waals surface area contributed by atoms with Gasteiger partial charge in [0.25, 0.3) is 0 Å². The molecule has 3 atom stereocenters. The van der Waals surface area contributed by atoms with Crippen LogP contribution >= 0.6 is 0 Å². The number of nitrogens with zero attached hydrogens (tertiary/aromatic N) is 2. The van der Waals surface area contributed by atoms with E-state index in [0.717, 1.165) is 18.1 Å². The number of benzene rings is 2. The fourth-order valence-corrected chi connectivity index (χ4v) is 4.94. The first kappa shape index (κ1) is 19.8. The predicted octanol–water partition coefficient (Wildman–Crippen LogP) is 3.51. The van der Waals surface area contributed by atoms with Gasteiger partial charge in [0.1, 0.15) is 12.4 Å². The molecule has 2 aromatic carbocycles. The Bertz CT molecular complexity index is 1050. The van der Waals surface area contributed by atoms with E-state index in [2.05, 4.69) is 44.8 Å². The molecule has 0 saturated heterocycles. The Kier molecular flexibility index (Phi) is 5.19. The molecule has 7 nitrogen and oxygen atoms in total. The summed E-state index contributed by atoms with van der Waals surface area (Å²) in [6.07, 6.45) is 0.403. The lowest BCUT2D eigenvalue weighted by Gasteiger charge is -2.17. The highest BCUT2D eigenvalue weighted by molar-refractivity contribution is 5.79. The van der Waals surface area contributed by atoms with Crippen molar-refractivity contribution in [2.75, 3.05) is 13.2 Å². The number of rotatable bonds is 5. The van der Waals surface area contributed by atoms with Gasteiger partial charge in [-0.25, -0.2) is 9.78 Å². The third kappa shape index (κ3) is 3.81. The van der Waals surface area contributed by atoms with Gasteiger partial charge in [0.2, 0.25) is 0 Å². The highest BCUT2D eigenvalue weighted by Crippen LogP contribution is 2.44. The number of ether oxygens (including phenoxy) is 1. The molecular weight excluding hydrogens is 392 g/mol. The number of amides is 1. The van der Waals surface area contributed by atoms with Crippen LogP contribution in [-0.4, -0.2) is 45.6 Å². The molecule has 2 aliphatic carbocycles. The largest absolute Gasteiger partial charge is 0.449 e. The summed E-state index contributed by atoms with van der Waals surface area (Å²) < 4.78 is 5.59. The number of hydrogen-bond acceptors (Lipinski definition) is 5. The Morgan fingerprint density at radius 1 is 1.13 bits per heavy atom. The van der Waals surface area contributed by atoms with E-state index in [1.54, 1.807) is 0 Å². The topological polar surface area (TPSA) is 100 Å². The normalized spacial score (nSPS) is 22.2. The molecule has 1 heterocycles. The van der Waals surface area contributed by atoms with Crippen molar-refractivity contribution in [3.63, 3.8) is 0 Å². The summed E-state index contributed by atoms with van der Waals surface area (Å²) in [7, 11) is 0. The Morgan fingerprint density at radius 3 is 2.45 bits per heavy atom. The van der Waals surface area contributed by atoms with Gasteiger partial charge in [-0.1, -0.05) is 48.5 Å². The van der Waals surface area contributed by atoms with Crippen molar-refractivity contribution in [2.45, 2.75) is 37.7 Å². The van der Waals surface area contributed by atoms with Crippen molar-refractivity contribution < 1.29 is 14.6 Å². The van der Waals surface area contributed by atoms with Gasteiger partial charge in [-0.05, 0) is 42.0 Å². The van der Waals surface area contributed by atoms with Crippen LogP contribution in [0.2, 0.25) is 0 Å². The van der Waals surface area contributed by atoms with Crippen LogP contribution in [0.4, 0.5) is 4.79 Å². The third-order valence-corrected chi connectivity index (χ3v) is 6.49. The third-order valence-electron chi connectivity index (χ3n) is 6.49. The van der Waals surface area contributed by atoms with Crippen LogP contribution in [0.1, 0.15) is 47.5 Å². The average molecular weight is 418 g/mol. The molecule has 7 heteroatoms. The van der Waals surface area contributed by atoms with Crippen molar-refractivity contribution in [1.82, 2.24) is 20.5 Å². The number of nitrogens with one attached hydrogen (secondary N) is 2. The van der Waals surface area contributed by atoms with Crippen LogP contribution in [0.5, 0.6) is 0 Å². The van der Waals surface area contributed by atoms with E-state index in [9.17, 15) is 9.90 Å². The van der Waals surface area contributed by atoms with Crippen LogP contribution < -0.4 is 5.32 Å². The maximum Gasteiger partial charge on any atom is 0.407 e. The molecule has 0 bridgehead atoms. The first-order valence-electron chi connectivity index (χ1n) is 10.8. The molecule has 0 spiro atoms. The Labute approximate surface area is 180 Å². The highest BCUT2D eigenvalue weighted by atomic mass is 16.5. The number of aliphatic hydroxyl groups excluding tert-OH is 1. The molecular formula is C24H26N4O3. The highest BCUT2D eigenvalue weighted by Gasteiger charge is 2.36. The van der Waals surface area contributed by atoms with Gasteiger partial charge in [-0.15, -0.1) is 0 Å². The maximum atomic E-state index is 12.4. The summed E-state index contributed by atoms with van der Waals surface area (Å²) in [6.45, 7) is 2.52. The predicted molar refractivity (Wildman–Crippen MR) is 116 cm³/mol. The van der Waals surface area contributed by atoms with Crippen LogP contribution in [0.25, 0.3) is 11.1 Å². The molecule has 0 unspecified atom stereocenters. The van der Waals surface area contributed by atoms with Gasteiger partial charge in [0.15, 0.2) is 5.82 Å². The number of fused-ring (bicyclic) bond motifs is 3. The zero-order valence-corrected chi connectivity index (χ0v) is 17.4. The molecule has 2 aliphatic rings. The first-order valence-corrected chi connectivity index (χ1v) is 10.8. The second kappa shape index (κ2) is 8.15. The molecule has 1 fully saturated rings. The van der Waals surface area contributed by atoms with E-state index in [0.29, 0.717) is 13.0 Å². The molecule has 5 rings (SSSR count). The lowest BCUT2D eigenvalue weighted by Crippen LogP contribution is -2.33. The Hall–Kier alpha value is -3.19. The molecule has 3 aromatic rings. The summed E-state index contributed by atoms with van der Waals surface area (Å²) in [5, 5.41) is 20.3. The molecule has 1 saturated carbocycles. The number of aromatic nitrogens is 3. The first-order chi connectivity index (χ1) is 15.1. The van der Waals surface area contributed by atoms with Crippen LogP contribution in [0, 0.1) is 12.8 Å². The number of hydrogen-bond donors (Lipinski definition) is 3. The number of aliphatic hydroxyl groups is 1. The van der Waals surface area contributed by atoms with Gasteiger partial charge in [0.05, 0.1) is 6.10 Å². The standard InChI is InChI=1S/C24H26N4O3/c1-14-26-23(28-27-14)15-10-16(22(29)11-15)12-25-24(30)31-13-21-19-8-4-2-6-17(19)18-7-3-5-9-20(18)21/h2-9,15-16,21-22,29H,10-13H2,1H3,(H,25,30)(H,26,27,28)/t15-,16+,22+/m0/s1. The van der Waals surface area contributed by atoms with Crippen LogP contribution in [-0.2, 0) is 4.74 Å². The summed E-state index contributed by atoms with van der Waals surface area (Å²) >= 11 is 0. The van der Waals surface area contributed by atoms with Gasteiger partial charge in [-0.3, -0.25) is 5.10 Å². The minimum atomic E-state index is -0.488. The van der Waals surface area contributed by atoms with Crippen molar-refractivity contribution in [2.24, 2.45) is 5.92 Å². The van der Waals surface area contributed by atoms with Crippen LogP contribution in [0.3, 0.4) is 0 Å². The zero-order valence-electron chi connectivity index (χ0n) is 17.4. The number of alkyl carbamates (subject to hydrolysis) is 1. The number of carbonyl (C=O) groups is 1. The molecule has 0 radical (unpaired) electrons. The fourth-order valence-electron chi connectivity index (χ4n) is 4.94. The summed E-state index contributed by atoms with van der Waals surface area (Å²) in [6, 6.07) is 16.5. The molecule has 1 amide bonds.